The van der Waals surface area contributed by atoms with E-state index in [1.165, 1.54) is 13.9 Å². The Kier molecular flexibility index (Phi) is 4.23. The minimum Gasteiger partial charge on any atom is -0.344 e. The Morgan fingerprint density at radius 3 is 2.11 bits per heavy atom. The predicted octanol–water partition coefficient (Wildman–Crippen LogP) is 3.38. The summed E-state index contributed by atoms with van der Waals surface area (Å²) in [6, 6.07) is 18.1. The molecule has 2 aromatic carbocycles. The number of rotatable bonds is 3. The van der Waals surface area contributed by atoms with Crippen molar-refractivity contribution in [2.45, 2.75) is 38.6 Å². The largest absolute Gasteiger partial charge is 0.354 e. The monoisotopic (exact) mass is 377 g/mol. The van der Waals surface area contributed by atoms with E-state index in [9.17, 15) is 9.59 Å². The van der Waals surface area contributed by atoms with Crippen molar-refractivity contribution in [3.8, 4) is 5.69 Å². The van der Waals surface area contributed by atoms with Gasteiger partial charge in [-0.15, -0.1) is 0 Å². The van der Waals surface area contributed by atoms with Crippen LogP contribution in [0.5, 0.6) is 0 Å². The van der Waals surface area contributed by atoms with Crippen LogP contribution in [0, 0.1) is 0 Å². The van der Waals surface area contributed by atoms with Crippen LogP contribution in [0.1, 0.15) is 38.5 Å². The molecule has 0 radical (unpaired) electrons. The van der Waals surface area contributed by atoms with Gasteiger partial charge < -0.3 is 4.74 Å². The summed E-state index contributed by atoms with van der Waals surface area (Å²) in [6.45, 7) is 9.53. The summed E-state index contributed by atoms with van der Waals surface area (Å²) < 4.78 is 10.5. The van der Waals surface area contributed by atoms with E-state index >= 15 is 0 Å². The molecule has 0 fully saturated rings. The zero-order chi connectivity index (χ0) is 20.1. The average Bonchev–Trinajstić information content (AvgIpc) is 2.94. The Hall–Kier alpha value is -3.12. The lowest BCUT2D eigenvalue weighted by Gasteiger charge is -2.43. The molecule has 0 N–H and O–H groups in total. The number of hydrogen-bond acceptors (Lipinski definition) is 3. The van der Waals surface area contributed by atoms with E-state index in [1.807, 2.05) is 43.3 Å². The molecule has 6 heteroatoms. The fourth-order valence-corrected chi connectivity index (χ4v) is 3.90. The van der Waals surface area contributed by atoms with Crippen LogP contribution < -0.4 is 11.4 Å². The molecule has 144 valence electrons. The molecule has 6 nitrogen and oxygen atoms in total. The van der Waals surface area contributed by atoms with E-state index in [2.05, 4.69) is 6.58 Å². The molecule has 0 aliphatic carbocycles. The highest BCUT2D eigenvalue weighted by molar-refractivity contribution is 5.31. The van der Waals surface area contributed by atoms with E-state index in [0.717, 1.165) is 11.1 Å². The summed E-state index contributed by atoms with van der Waals surface area (Å²) in [5, 5.41) is 0. The van der Waals surface area contributed by atoms with Crippen molar-refractivity contribution in [3.05, 3.63) is 99.3 Å². The Labute approximate surface area is 162 Å². The lowest BCUT2D eigenvalue weighted by atomic mass is 9.96. The van der Waals surface area contributed by atoms with E-state index in [4.69, 9.17) is 4.74 Å². The van der Waals surface area contributed by atoms with Crippen LogP contribution in [0.3, 0.4) is 0 Å². The molecular formula is C22H23N3O3. The van der Waals surface area contributed by atoms with Crippen LogP contribution in [0.2, 0.25) is 0 Å². The molecule has 0 spiro atoms. The molecule has 0 saturated heterocycles. The Bertz CT molecular complexity index is 1140. The number of nitrogens with zero attached hydrogens (tertiary/aromatic N) is 3. The van der Waals surface area contributed by atoms with Crippen molar-refractivity contribution < 1.29 is 4.74 Å². The number of para-hydroxylation sites is 1. The molecule has 3 aromatic rings. The smallest absolute Gasteiger partial charge is 0.344 e. The fourth-order valence-electron chi connectivity index (χ4n) is 3.90. The second-order valence-corrected chi connectivity index (χ2v) is 7.58. The van der Waals surface area contributed by atoms with Gasteiger partial charge in [-0.2, -0.15) is 4.68 Å². The maximum absolute atomic E-state index is 13.4. The zero-order valence-corrected chi connectivity index (χ0v) is 16.2. The molecule has 4 rings (SSSR count). The Morgan fingerprint density at radius 1 is 0.964 bits per heavy atom. The van der Waals surface area contributed by atoms with Gasteiger partial charge in [0.25, 0.3) is 0 Å². The summed E-state index contributed by atoms with van der Waals surface area (Å²) in [5.41, 5.74) is 0.356. The van der Waals surface area contributed by atoms with E-state index in [0.29, 0.717) is 5.69 Å². The van der Waals surface area contributed by atoms with Crippen molar-refractivity contribution in [1.29, 1.82) is 0 Å². The second-order valence-electron chi connectivity index (χ2n) is 7.58. The molecule has 0 amide bonds. The average molecular weight is 377 g/mol. The van der Waals surface area contributed by atoms with Gasteiger partial charge in [0.15, 0.2) is 5.72 Å². The van der Waals surface area contributed by atoms with Crippen LogP contribution in [0.25, 0.3) is 5.69 Å². The van der Waals surface area contributed by atoms with Crippen LogP contribution in [0.4, 0.5) is 0 Å². The fraction of sp³-hybridized carbons (Fsp3) is 0.273. The van der Waals surface area contributed by atoms with Crippen LogP contribution in [-0.2, 0) is 10.5 Å². The molecule has 2 atom stereocenters. The number of benzene rings is 2. The predicted molar refractivity (Wildman–Crippen MR) is 108 cm³/mol. The zero-order valence-electron chi connectivity index (χ0n) is 16.2. The maximum Gasteiger partial charge on any atom is 0.354 e. The third kappa shape index (κ3) is 2.68. The van der Waals surface area contributed by atoms with E-state index in [1.54, 1.807) is 38.1 Å². The molecule has 0 unspecified atom stereocenters. The van der Waals surface area contributed by atoms with Crippen molar-refractivity contribution in [3.63, 3.8) is 0 Å². The van der Waals surface area contributed by atoms with Gasteiger partial charge in [-0.3, -0.25) is 0 Å². The van der Waals surface area contributed by atoms with Crippen LogP contribution in [0.15, 0.2) is 82.4 Å². The number of aromatic nitrogens is 3. The SMILES string of the molecule is C=C(C)[C@@H]1[C@H](c2ccccc2)OC(C)(C)n2c(=O)n(-c3ccccc3)c(=O)n21. The molecule has 1 aliphatic rings. The van der Waals surface area contributed by atoms with Gasteiger partial charge in [0.2, 0.25) is 0 Å². The minimum absolute atomic E-state index is 0.401. The highest BCUT2D eigenvalue weighted by Crippen LogP contribution is 2.42. The van der Waals surface area contributed by atoms with Crippen molar-refractivity contribution >= 4 is 0 Å². The van der Waals surface area contributed by atoms with Gasteiger partial charge in [-0.25, -0.2) is 18.8 Å². The van der Waals surface area contributed by atoms with Crippen LogP contribution >= 0.6 is 0 Å². The summed E-state index contributed by atoms with van der Waals surface area (Å²) in [6.07, 6.45) is -0.433. The molecule has 2 heterocycles. The number of ether oxygens (including phenoxy) is 1. The first kappa shape index (κ1) is 18.3. The lowest BCUT2D eigenvalue weighted by molar-refractivity contribution is -0.187. The molecule has 28 heavy (non-hydrogen) atoms. The number of hydrogen-bond donors (Lipinski definition) is 0. The first-order valence-electron chi connectivity index (χ1n) is 9.23. The minimum atomic E-state index is -1.01. The van der Waals surface area contributed by atoms with E-state index < -0.39 is 29.3 Å². The summed E-state index contributed by atoms with van der Waals surface area (Å²) >= 11 is 0. The molecule has 0 saturated carbocycles. The molecule has 0 bridgehead atoms. The van der Waals surface area contributed by atoms with Gasteiger partial charge in [0, 0.05) is 0 Å². The first-order chi connectivity index (χ1) is 13.3. The quantitative estimate of drug-likeness (QED) is 0.658. The highest BCUT2D eigenvalue weighted by atomic mass is 16.5. The van der Waals surface area contributed by atoms with Crippen molar-refractivity contribution in [2.75, 3.05) is 0 Å². The van der Waals surface area contributed by atoms with Gasteiger partial charge in [0.05, 0.1) is 5.69 Å². The topological polar surface area (TPSA) is 58.2 Å². The van der Waals surface area contributed by atoms with Crippen molar-refractivity contribution in [1.82, 2.24) is 13.9 Å². The standard InChI is InChI=1S/C22H23N3O3/c1-15(2)18-19(16-11-7-5-8-12-16)28-22(3,4)25-21(27)23(20(26)24(18)25)17-13-9-6-10-14-17/h5-14,18-19H,1H2,2-4H3/t18-,19+/m1/s1. The van der Waals surface area contributed by atoms with Crippen LogP contribution in [-0.4, -0.2) is 13.9 Å². The molecule has 1 aliphatic heterocycles. The summed E-state index contributed by atoms with van der Waals surface area (Å²) in [7, 11) is 0. The third-order valence-electron chi connectivity index (χ3n) is 5.10. The van der Waals surface area contributed by atoms with E-state index in [-0.39, 0.29) is 0 Å². The summed E-state index contributed by atoms with van der Waals surface area (Å²) in [5.74, 6) is 0. The first-order valence-corrected chi connectivity index (χ1v) is 9.23. The molecular weight excluding hydrogens is 354 g/mol. The second kappa shape index (κ2) is 6.49. The number of fused-ring (bicyclic) bond motifs is 1. The maximum atomic E-state index is 13.4. The van der Waals surface area contributed by atoms with Gasteiger partial charge in [0.1, 0.15) is 12.1 Å². The molecule has 1 aromatic heterocycles. The Balaban J connectivity index is 2.02. The highest BCUT2D eigenvalue weighted by Gasteiger charge is 2.44. The van der Waals surface area contributed by atoms with Gasteiger partial charge in [-0.05, 0) is 38.5 Å². The van der Waals surface area contributed by atoms with Gasteiger partial charge in [-0.1, -0.05) is 60.7 Å². The summed E-state index contributed by atoms with van der Waals surface area (Å²) in [4.78, 5) is 26.7. The third-order valence-corrected chi connectivity index (χ3v) is 5.10. The Morgan fingerprint density at radius 2 is 1.54 bits per heavy atom. The normalized spacial score (nSPS) is 20.5. The lowest BCUT2D eigenvalue weighted by Crippen LogP contribution is -2.51. The van der Waals surface area contributed by atoms with Gasteiger partial charge >= 0.3 is 11.4 Å². The van der Waals surface area contributed by atoms with Crippen molar-refractivity contribution in [2.24, 2.45) is 0 Å².